The minimum absolute atomic E-state index is 0.0469. The Balaban J connectivity index is 1.71. The van der Waals surface area contributed by atoms with Crippen molar-refractivity contribution in [2.75, 3.05) is 0 Å². The highest BCUT2D eigenvalue weighted by molar-refractivity contribution is 6.51. The van der Waals surface area contributed by atoms with E-state index in [-0.39, 0.29) is 29.1 Å². The Bertz CT molecular complexity index is 642. The molecular weight excluding hydrogens is 331 g/mol. The minimum atomic E-state index is -0.651. The first-order valence-electron chi connectivity index (χ1n) is 8.50. The molecule has 0 radical (unpaired) electrons. The van der Waals surface area contributed by atoms with E-state index in [1.807, 2.05) is 12.1 Å². The van der Waals surface area contributed by atoms with E-state index in [0.29, 0.717) is 5.92 Å². The van der Waals surface area contributed by atoms with Crippen LogP contribution in [0.2, 0.25) is 0 Å². The predicted molar refractivity (Wildman–Crippen MR) is 93.2 cm³/mol. The molecule has 126 valence electrons. The highest BCUT2D eigenvalue weighted by atomic mass is 35.5. The zero-order valence-electron chi connectivity index (χ0n) is 14.1. The Morgan fingerprint density at radius 3 is 2.43 bits per heavy atom. The molecule has 2 aliphatic heterocycles. The summed E-state index contributed by atoms with van der Waals surface area (Å²) in [5.41, 5.74) is 0.657. The summed E-state index contributed by atoms with van der Waals surface area (Å²) < 4.78 is 12.3. The van der Waals surface area contributed by atoms with Crippen LogP contribution in [-0.4, -0.2) is 15.5 Å². The molecular formula is C19H24Cl2O2. The van der Waals surface area contributed by atoms with Gasteiger partial charge in [0.25, 0.3) is 0 Å². The number of halogens is 2. The summed E-state index contributed by atoms with van der Waals surface area (Å²) in [7, 11) is 0. The van der Waals surface area contributed by atoms with Crippen LogP contribution in [0.3, 0.4) is 0 Å². The number of hydrogen-bond donors (Lipinski definition) is 0. The van der Waals surface area contributed by atoms with Crippen molar-refractivity contribution in [2.24, 2.45) is 17.8 Å². The number of hydrogen-bond acceptors (Lipinski definition) is 2. The van der Waals surface area contributed by atoms with E-state index in [0.717, 1.165) is 24.2 Å². The van der Waals surface area contributed by atoms with Crippen molar-refractivity contribution in [2.45, 2.75) is 62.2 Å². The third-order valence-corrected chi connectivity index (χ3v) is 7.43. The topological polar surface area (TPSA) is 18.5 Å². The molecule has 2 nitrogen and oxygen atoms in total. The fourth-order valence-electron chi connectivity index (χ4n) is 4.83. The van der Waals surface area contributed by atoms with Crippen molar-refractivity contribution in [3.8, 4) is 5.75 Å². The van der Waals surface area contributed by atoms with Crippen molar-refractivity contribution in [3.05, 3.63) is 29.8 Å². The lowest BCUT2D eigenvalue weighted by atomic mass is 9.72. The maximum atomic E-state index is 6.72. The van der Waals surface area contributed by atoms with Gasteiger partial charge in [-0.15, -0.1) is 23.2 Å². The SMILES string of the molecule is C[C@H]1[C@@H]([C@@]2(C)CC[C@H]3[C@@H](O2)c2ccccc2OC3(C)C)C1(Cl)Cl. The van der Waals surface area contributed by atoms with Gasteiger partial charge >= 0.3 is 0 Å². The number of fused-ring (bicyclic) bond motifs is 3. The van der Waals surface area contributed by atoms with E-state index in [1.54, 1.807) is 0 Å². The molecule has 1 saturated carbocycles. The summed E-state index contributed by atoms with van der Waals surface area (Å²) in [6.45, 7) is 8.63. The maximum absolute atomic E-state index is 6.72. The summed E-state index contributed by atoms with van der Waals surface area (Å²) in [6.07, 6.45) is 2.08. The van der Waals surface area contributed by atoms with Gasteiger partial charge in [-0.2, -0.15) is 0 Å². The van der Waals surface area contributed by atoms with E-state index in [9.17, 15) is 0 Å². The quantitative estimate of drug-likeness (QED) is 0.617. The Labute approximate surface area is 148 Å². The fourth-order valence-corrected chi connectivity index (χ4v) is 5.79. The maximum Gasteiger partial charge on any atom is 0.127 e. The smallest absolute Gasteiger partial charge is 0.127 e. The van der Waals surface area contributed by atoms with Crippen LogP contribution in [0.5, 0.6) is 5.75 Å². The average molecular weight is 355 g/mol. The Morgan fingerprint density at radius 2 is 1.78 bits per heavy atom. The van der Waals surface area contributed by atoms with Crippen LogP contribution in [0.1, 0.15) is 52.2 Å². The molecule has 0 aromatic heterocycles. The number of benzene rings is 1. The van der Waals surface area contributed by atoms with Crippen LogP contribution in [0.4, 0.5) is 0 Å². The Hall–Kier alpha value is -0.440. The number of para-hydroxylation sites is 1. The highest BCUT2D eigenvalue weighted by Gasteiger charge is 2.69. The molecule has 0 N–H and O–H groups in total. The molecule has 2 heterocycles. The van der Waals surface area contributed by atoms with Crippen molar-refractivity contribution in [3.63, 3.8) is 0 Å². The van der Waals surface area contributed by atoms with Crippen LogP contribution in [0.25, 0.3) is 0 Å². The summed E-state index contributed by atoms with van der Waals surface area (Å²) in [5.74, 6) is 1.75. The van der Waals surface area contributed by atoms with Crippen LogP contribution in [0.15, 0.2) is 24.3 Å². The van der Waals surface area contributed by atoms with Crippen molar-refractivity contribution < 1.29 is 9.47 Å². The van der Waals surface area contributed by atoms with Gasteiger partial charge in [0, 0.05) is 17.4 Å². The van der Waals surface area contributed by atoms with Crippen LogP contribution in [-0.2, 0) is 4.74 Å². The largest absolute Gasteiger partial charge is 0.487 e. The predicted octanol–water partition coefficient (Wildman–Crippen LogP) is 5.52. The third-order valence-electron chi connectivity index (χ3n) is 6.28. The molecule has 1 aromatic rings. The standard InChI is InChI=1S/C19H24Cl2O2/c1-11-16(19(11,20)21)18(4)10-9-13-15(23-18)12-7-5-6-8-14(12)22-17(13,2)3/h5-8,11,13,15-16H,9-10H2,1-4H3/t11-,13-,15-,16-,18+/m0/s1. The first-order chi connectivity index (χ1) is 10.7. The number of ether oxygens (including phenoxy) is 2. The molecule has 4 rings (SSSR count). The van der Waals surface area contributed by atoms with Gasteiger partial charge < -0.3 is 9.47 Å². The summed E-state index contributed by atoms with van der Waals surface area (Å²) >= 11 is 12.9. The van der Waals surface area contributed by atoms with Crippen molar-refractivity contribution >= 4 is 23.2 Å². The van der Waals surface area contributed by atoms with Crippen molar-refractivity contribution in [1.29, 1.82) is 0 Å². The summed E-state index contributed by atoms with van der Waals surface area (Å²) in [6, 6.07) is 8.23. The molecule has 0 bridgehead atoms. The van der Waals surface area contributed by atoms with E-state index in [4.69, 9.17) is 32.7 Å². The van der Waals surface area contributed by atoms with Gasteiger partial charge in [-0.3, -0.25) is 0 Å². The normalized spacial score (nSPS) is 43.0. The highest BCUT2D eigenvalue weighted by Crippen LogP contribution is 2.67. The lowest BCUT2D eigenvalue weighted by Gasteiger charge is -2.52. The molecule has 4 heteroatoms. The Kier molecular flexibility index (Phi) is 3.35. The zero-order valence-corrected chi connectivity index (χ0v) is 15.6. The average Bonchev–Trinajstić information content (AvgIpc) is 2.97. The molecule has 1 saturated heterocycles. The van der Waals surface area contributed by atoms with Gasteiger partial charge in [-0.25, -0.2) is 0 Å². The van der Waals surface area contributed by atoms with Gasteiger partial charge in [0.2, 0.25) is 0 Å². The zero-order chi connectivity index (χ0) is 16.6. The second-order valence-corrected chi connectivity index (χ2v) is 9.62. The van der Waals surface area contributed by atoms with E-state index >= 15 is 0 Å². The molecule has 5 atom stereocenters. The second-order valence-electron chi connectivity index (χ2n) is 8.18. The first-order valence-corrected chi connectivity index (χ1v) is 9.26. The molecule has 0 spiro atoms. The van der Waals surface area contributed by atoms with Crippen LogP contribution >= 0.6 is 23.2 Å². The van der Waals surface area contributed by atoms with Crippen molar-refractivity contribution in [1.82, 2.24) is 0 Å². The molecule has 1 aliphatic carbocycles. The van der Waals surface area contributed by atoms with E-state index < -0.39 is 4.33 Å². The summed E-state index contributed by atoms with van der Waals surface area (Å²) in [4.78, 5) is 0. The molecule has 0 amide bonds. The summed E-state index contributed by atoms with van der Waals surface area (Å²) in [5, 5.41) is 0. The molecule has 23 heavy (non-hydrogen) atoms. The Morgan fingerprint density at radius 1 is 1.13 bits per heavy atom. The van der Waals surface area contributed by atoms with E-state index in [2.05, 4.69) is 39.8 Å². The van der Waals surface area contributed by atoms with Gasteiger partial charge in [-0.1, -0.05) is 25.1 Å². The molecule has 0 unspecified atom stereocenters. The number of alkyl halides is 2. The lowest BCUT2D eigenvalue weighted by molar-refractivity contribution is -0.199. The first kappa shape index (κ1) is 16.1. The molecule has 3 aliphatic rings. The van der Waals surface area contributed by atoms with E-state index in [1.165, 1.54) is 0 Å². The van der Waals surface area contributed by atoms with Gasteiger partial charge in [0.1, 0.15) is 15.7 Å². The molecule has 2 fully saturated rings. The lowest BCUT2D eigenvalue weighted by Crippen LogP contribution is -2.52. The van der Waals surface area contributed by atoms with Gasteiger partial charge in [0.15, 0.2) is 0 Å². The van der Waals surface area contributed by atoms with Crippen LogP contribution < -0.4 is 4.74 Å². The third kappa shape index (κ3) is 2.25. The van der Waals surface area contributed by atoms with Gasteiger partial charge in [0.05, 0.1) is 11.7 Å². The molecule has 1 aromatic carbocycles. The van der Waals surface area contributed by atoms with Gasteiger partial charge in [-0.05, 0) is 45.6 Å². The van der Waals surface area contributed by atoms with Crippen LogP contribution in [0, 0.1) is 17.8 Å². The minimum Gasteiger partial charge on any atom is -0.487 e. The number of rotatable bonds is 1. The fraction of sp³-hybridized carbons (Fsp3) is 0.684. The monoisotopic (exact) mass is 354 g/mol. The second kappa shape index (κ2) is 4.80.